The second-order valence-corrected chi connectivity index (χ2v) is 19.1. The molecule has 1 aromatic heterocycles. The van der Waals surface area contributed by atoms with Gasteiger partial charge in [-0.2, -0.15) is 0 Å². The van der Waals surface area contributed by atoms with Crippen molar-refractivity contribution < 1.29 is 0 Å². The van der Waals surface area contributed by atoms with Gasteiger partial charge in [-0.3, -0.25) is 0 Å². The van der Waals surface area contributed by atoms with E-state index in [2.05, 4.69) is 228 Å². The zero-order valence-corrected chi connectivity index (χ0v) is 36.9. The van der Waals surface area contributed by atoms with E-state index in [0.717, 1.165) is 16.7 Å². The normalized spacial score (nSPS) is 15.1. The minimum Gasteiger partial charge on any atom is -0.208 e. The van der Waals surface area contributed by atoms with Crippen molar-refractivity contribution in [3.63, 3.8) is 0 Å². The van der Waals surface area contributed by atoms with Crippen molar-refractivity contribution in [3.8, 4) is 67.5 Å². The highest BCUT2D eigenvalue weighted by Crippen LogP contribution is 2.57. The molecule has 0 bridgehead atoms. The van der Waals surface area contributed by atoms with Crippen LogP contribution in [0.4, 0.5) is 0 Å². The summed E-state index contributed by atoms with van der Waals surface area (Å²) in [6.07, 6.45) is 0. The highest BCUT2D eigenvalue weighted by Gasteiger charge is 2.46. The zero-order chi connectivity index (χ0) is 43.7. The standard InChI is InChI=1S/C62H45N3/c1-60(2)51-25-15-13-23-45(51)47-31-28-39(35-53(47)60)57-63-58(40-30-33-49-50-34-27-38-17-11-12-22-44(38)56(50)61(3,4)54(49)36-40)65-59(64-57)41-29-32-48-46-24-14-16-26-52(46)62(55(48)37-41,42-18-7-5-8-19-42)43-20-9-6-10-21-43/h5-37H,1-4H3. The van der Waals surface area contributed by atoms with Crippen LogP contribution in [0.5, 0.6) is 0 Å². The van der Waals surface area contributed by atoms with E-state index < -0.39 is 5.41 Å². The van der Waals surface area contributed by atoms with E-state index in [1.807, 2.05) is 0 Å². The van der Waals surface area contributed by atoms with Crippen molar-refractivity contribution in [2.75, 3.05) is 0 Å². The molecule has 0 saturated heterocycles. The molecule has 0 unspecified atom stereocenters. The first-order valence-corrected chi connectivity index (χ1v) is 22.8. The molecule has 10 aromatic rings. The summed E-state index contributed by atoms with van der Waals surface area (Å²) in [5.74, 6) is 1.97. The summed E-state index contributed by atoms with van der Waals surface area (Å²) in [7, 11) is 0. The summed E-state index contributed by atoms with van der Waals surface area (Å²) >= 11 is 0. The van der Waals surface area contributed by atoms with Crippen LogP contribution in [-0.4, -0.2) is 15.0 Å². The van der Waals surface area contributed by atoms with Crippen molar-refractivity contribution in [2.45, 2.75) is 43.9 Å². The minimum absolute atomic E-state index is 0.168. The summed E-state index contributed by atoms with van der Waals surface area (Å²) in [4.78, 5) is 16.3. The Balaban J connectivity index is 1.03. The Morgan fingerprint density at radius 3 is 1.32 bits per heavy atom. The average molecular weight is 832 g/mol. The maximum absolute atomic E-state index is 5.45. The van der Waals surface area contributed by atoms with E-state index in [4.69, 9.17) is 15.0 Å². The molecule has 9 aromatic carbocycles. The van der Waals surface area contributed by atoms with Crippen LogP contribution in [0.25, 0.3) is 78.3 Å². The van der Waals surface area contributed by atoms with Gasteiger partial charge in [-0.1, -0.05) is 210 Å². The van der Waals surface area contributed by atoms with Crippen LogP contribution in [0, 0.1) is 0 Å². The first-order chi connectivity index (χ1) is 31.7. The molecular formula is C62H45N3. The van der Waals surface area contributed by atoms with Crippen molar-refractivity contribution in [1.29, 1.82) is 0 Å². The van der Waals surface area contributed by atoms with Crippen LogP contribution < -0.4 is 0 Å². The van der Waals surface area contributed by atoms with Gasteiger partial charge in [0, 0.05) is 27.5 Å². The summed E-state index contributed by atoms with van der Waals surface area (Å²) in [5, 5.41) is 2.57. The fraction of sp³-hybridized carbons (Fsp3) is 0.113. The number of hydrogen-bond donors (Lipinski definition) is 0. The third kappa shape index (κ3) is 5.27. The SMILES string of the molecule is CC1(C)c2ccccc2-c2ccc(-c3nc(-c4ccc5c(c4)C(C)(C)c4c-5ccc5ccccc45)nc(-c4ccc5c(c4)C(c4ccccc4)(c4ccccc4)c4ccccc4-5)n3)cc21. The molecule has 0 N–H and O–H groups in total. The molecule has 0 spiro atoms. The molecule has 3 heteroatoms. The molecule has 3 nitrogen and oxygen atoms in total. The molecular weight excluding hydrogens is 787 g/mol. The Kier molecular flexibility index (Phi) is 7.92. The van der Waals surface area contributed by atoms with Crippen LogP contribution in [0.2, 0.25) is 0 Å². The molecule has 0 amide bonds. The van der Waals surface area contributed by atoms with Crippen LogP contribution in [0.15, 0.2) is 200 Å². The monoisotopic (exact) mass is 831 g/mol. The maximum Gasteiger partial charge on any atom is 0.164 e. The van der Waals surface area contributed by atoms with Gasteiger partial charge in [0.1, 0.15) is 0 Å². The first-order valence-electron chi connectivity index (χ1n) is 22.8. The summed E-state index contributed by atoms with van der Waals surface area (Å²) in [5.41, 5.74) is 19.8. The Bertz CT molecular complexity index is 3560. The third-order valence-corrected chi connectivity index (χ3v) is 15.0. The van der Waals surface area contributed by atoms with Gasteiger partial charge >= 0.3 is 0 Å². The smallest absolute Gasteiger partial charge is 0.164 e. The lowest BCUT2D eigenvalue weighted by Gasteiger charge is -2.34. The van der Waals surface area contributed by atoms with Crippen LogP contribution in [0.3, 0.4) is 0 Å². The van der Waals surface area contributed by atoms with Gasteiger partial charge in [0.25, 0.3) is 0 Å². The predicted octanol–water partition coefficient (Wildman–Crippen LogP) is 15.0. The Morgan fingerprint density at radius 2 is 0.723 bits per heavy atom. The molecule has 13 rings (SSSR count). The van der Waals surface area contributed by atoms with Crippen LogP contribution >= 0.6 is 0 Å². The fourth-order valence-electron chi connectivity index (χ4n) is 11.9. The lowest BCUT2D eigenvalue weighted by atomic mass is 9.67. The van der Waals surface area contributed by atoms with Crippen molar-refractivity contribution in [3.05, 3.63) is 245 Å². The first kappa shape index (κ1) is 37.8. The van der Waals surface area contributed by atoms with Crippen molar-refractivity contribution >= 4 is 10.8 Å². The second-order valence-electron chi connectivity index (χ2n) is 19.1. The van der Waals surface area contributed by atoms with Crippen molar-refractivity contribution in [1.82, 2.24) is 15.0 Å². The number of hydrogen-bond acceptors (Lipinski definition) is 3. The largest absolute Gasteiger partial charge is 0.208 e. The summed E-state index contributed by atoms with van der Waals surface area (Å²) < 4.78 is 0. The number of benzene rings is 9. The Morgan fingerprint density at radius 1 is 0.308 bits per heavy atom. The number of rotatable bonds is 5. The van der Waals surface area contributed by atoms with E-state index in [0.29, 0.717) is 17.5 Å². The lowest BCUT2D eigenvalue weighted by molar-refractivity contribution is 0.660. The maximum atomic E-state index is 5.45. The van der Waals surface area contributed by atoms with Gasteiger partial charge in [0.2, 0.25) is 0 Å². The number of nitrogens with zero attached hydrogens (tertiary/aromatic N) is 3. The van der Waals surface area contributed by atoms with E-state index in [1.165, 1.54) is 88.7 Å². The van der Waals surface area contributed by atoms with Gasteiger partial charge in [-0.05, 0) is 107 Å². The lowest BCUT2D eigenvalue weighted by Crippen LogP contribution is -2.28. The highest BCUT2D eigenvalue weighted by molar-refractivity contribution is 5.98. The molecule has 0 aliphatic heterocycles. The summed E-state index contributed by atoms with van der Waals surface area (Å²) in [6, 6.07) is 73.4. The van der Waals surface area contributed by atoms with Crippen LogP contribution in [-0.2, 0) is 16.2 Å². The molecule has 0 atom stereocenters. The zero-order valence-electron chi connectivity index (χ0n) is 36.9. The molecule has 0 fully saturated rings. The topological polar surface area (TPSA) is 38.7 Å². The molecule has 308 valence electrons. The quantitative estimate of drug-likeness (QED) is 0.173. The molecule has 1 heterocycles. The van der Waals surface area contributed by atoms with E-state index in [1.54, 1.807) is 0 Å². The third-order valence-electron chi connectivity index (χ3n) is 15.0. The second kappa shape index (κ2) is 13.6. The van der Waals surface area contributed by atoms with Gasteiger partial charge in [-0.25, -0.2) is 15.0 Å². The highest BCUT2D eigenvalue weighted by atomic mass is 15.0. The Labute approximate surface area is 380 Å². The van der Waals surface area contributed by atoms with E-state index >= 15 is 0 Å². The van der Waals surface area contributed by atoms with E-state index in [-0.39, 0.29) is 10.8 Å². The molecule has 65 heavy (non-hydrogen) atoms. The van der Waals surface area contributed by atoms with Crippen LogP contribution in [0.1, 0.15) is 72.2 Å². The van der Waals surface area contributed by atoms with E-state index in [9.17, 15) is 0 Å². The number of fused-ring (bicyclic) bond motifs is 11. The van der Waals surface area contributed by atoms with Gasteiger partial charge in [-0.15, -0.1) is 0 Å². The summed E-state index contributed by atoms with van der Waals surface area (Å²) in [6.45, 7) is 9.37. The molecule has 3 aliphatic carbocycles. The molecule has 0 radical (unpaired) electrons. The minimum atomic E-state index is -0.547. The fourth-order valence-corrected chi connectivity index (χ4v) is 11.9. The van der Waals surface area contributed by atoms with Gasteiger partial charge < -0.3 is 0 Å². The Hall–Kier alpha value is -7.75. The predicted molar refractivity (Wildman–Crippen MR) is 266 cm³/mol. The molecule has 0 saturated carbocycles. The average Bonchev–Trinajstić information content (AvgIpc) is 3.88. The van der Waals surface area contributed by atoms with Gasteiger partial charge in [0.05, 0.1) is 5.41 Å². The number of aromatic nitrogens is 3. The molecule has 3 aliphatic rings. The van der Waals surface area contributed by atoms with Crippen molar-refractivity contribution in [2.24, 2.45) is 0 Å². The van der Waals surface area contributed by atoms with Gasteiger partial charge in [0.15, 0.2) is 17.5 Å².